The van der Waals surface area contributed by atoms with E-state index in [0.29, 0.717) is 0 Å². The van der Waals surface area contributed by atoms with E-state index in [9.17, 15) is 9.18 Å². The highest BCUT2D eigenvalue weighted by Gasteiger charge is 2.15. The molecule has 1 aromatic carbocycles. The fraction of sp³-hybridized carbons (Fsp3) is 0.294. The molecule has 2 aromatic rings. The maximum absolute atomic E-state index is 13.5. The lowest BCUT2D eigenvalue weighted by Gasteiger charge is -2.19. The van der Waals surface area contributed by atoms with Crippen molar-refractivity contribution in [2.45, 2.75) is 32.9 Å². The van der Waals surface area contributed by atoms with Crippen molar-refractivity contribution in [2.75, 3.05) is 0 Å². The van der Waals surface area contributed by atoms with Crippen LogP contribution < -0.4 is 10.1 Å². The Morgan fingerprint density at radius 1 is 1.22 bits per heavy atom. The minimum Gasteiger partial charge on any atom is -0.444 e. The number of aromatic nitrogens is 1. The topological polar surface area (TPSA) is 60.5 Å². The quantitative estimate of drug-likeness (QED) is 0.924. The summed E-state index contributed by atoms with van der Waals surface area (Å²) in [6, 6.07) is 9.45. The summed E-state index contributed by atoms with van der Waals surface area (Å²) in [5.41, 5.74) is 0.233. The Bertz CT molecular complexity index is 666. The Kier molecular flexibility index (Phi) is 5.16. The molecule has 0 radical (unpaired) electrons. The maximum atomic E-state index is 13.5. The van der Waals surface area contributed by atoms with Crippen LogP contribution in [0.2, 0.25) is 0 Å². The first-order chi connectivity index (χ1) is 10.8. The molecule has 1 heterocycles. The number of alkyl carbamates (subject to hydrolysis) is 1. The molecule has 0 aliphatic rings. The monoisotopic (exact) mass is 318 g/mol. The Balaban J connectivity index is 1.90. The van der Waals surface area contributed by atoms with E-state index < -0.39 is 17.5 Å². The zero-order valence-corrected chi connectivity index (χ0v) is 13.3. The summed E-state index contributed by atoms with van der Waals surface area (Å²) in [6.45, 7) is 5.66. The first-order valence-corrected chi connectivity index (χ1v) is 7.18. The van der Waals surface area contributed by atoms with Crippen molar-refractivity contribution in [3.05, 3.63) is 54.0 Å². The lowest BCUT2D eigenvalue weighted by Crippen LogP contribution is -2.32. The number of halogens is 1. The Morgan fingerprint density at radius 3 is 2.57 bits per heavy atom. The molecule has 5 nitrogen and oxygen atoms in total. The van der Waals surface area contributed by atoms with Crippen LogP contribution >= 0.6 is 0 Å². The van der Waals surface area contributed by atoms with Gasteiger partial charge in [-0.15, -0.1) is 0 Å². The molecule has 6 heteroatoms. The van der Waals surface area contributed by atoms with Gasteiger partial charge in [-0.2, -0.15) is 0 Å². The number of nitrogens with one attached hydrogen (secondary N) is 1. The smallest absolute Gasteiger partial charge is 0.407 e. The SMILES string of the molecule is CC(C)(C)OC(=O)NCc1ccc(Oc2ccccc2F)nc1. The number of ether oxygens (including phenoxy) is 2. The van der Waals surface area contributed by atoms with Gasteiger partial charge in [0.25, 0.3) is 0 Å². The number of carbonyl (C=O) groups is 1. The molecule has 1 amide bonds. The zero-order valence-electron chi connectivity index (χ0n) is 13.3. The average Bonchev–Trinajstić information content (AvgIpc) is 2.47. The van der Waals surface area contributed by atoms with Gasteiger partial charge in [-0.25, -0.2) is 14.2 Å². The molecule has 0 aliphatic heterocycles. The van der Waals surface area contributed by atoms with E-state index in [2.05, 4.69) is 10.3 Å². The van der Waals surface area contributed by atoms with Crippen molar-refractivity contribution < 1.29 is 18.7 Å². The molecule has 0 fully saturated rings. The number of hydrogen-bond acceptors (Lipinski definition) is 4. The van der Waals surface area contributed by atoms with Crippen molar-refractivity contribution in [1.29, 1.82) is 0 Å². The van der Waals surface area contributed by atoms with Crippen molar-refractivity contribution in [2.24, 2.45) is 0 Å². The highest BCUT2D eigenvalue weighted by atomic mass is 19.1. The molecule has 0 spiro atoms. The van der Waals surface area contributed by atoms with E-state index in [-0.39, 0.29) is 18.2 Å². The number of rotatable bonds is 4. The molecule has 0 unspecified atom stereocenters. The average molecular weight is 318 g/mol. The van der Waals surface area contributed by atoms with Crippen LogP contribution in [0.3, 0.4) is 0 Å². The zero-order chi connectivity index (χ0) is 16.9. The van der Waals surface area contributed by atoms with Crippen molar-refractivity contribution in [3.8, 4) is 11.6 Å². The summed E-state index contributed by atoms with van der Waals surface area (Å²) in [5, 5.41) is 2.63. The molecule has 122 valence electrons. The van der Waals surface area contributed by atoms with Crippen molar-refractivity contribution >= 4 is 6.09 Å². The Labute approximate surface area is 134 Å². The van der Waals surface area contributed by atoms with E-state index in [0.717, 1.165) is 5.56 Å². The largest absolute Gasteiger partial charge is 0.444 e. The van der Waals surface area contributed by atoms with Gasteiger partial charge in [0.05, 0.1) is 0 Å². The summed E-state index contributed by atoms with van der Waals surface area (Å²) >= 11 is 0. The predicted molar refractivity (Wildman–Crippen MR) is 83.8 cm³/mol. The first-order valence-electron chi connectivity index (χ1n) is 7.18. The highest BCUT2D eigenvalue weighted by molar-refractivity contribution is 5.67. The molecule has 1 N–H and O–H groups in total. The molecule has 0 aliphatic carbocycles. The van der Waals surface area contributed by atoms with Crippen molar-refractivity contribution in [1.82, 2.24) is 10.3 Å². The Hall–Kier alpha value is -2.63. The third-order valence-electron chi connectivity index (χ3n) is 2.68. The maximum Gasteiger partial charge on any atom is 0.407 e. The number of hydrogen-bond donors (Lipinski definition) is 1. The van der Waals surface area contributed by atoms with Crippen molar-refractivity contribution in [3.63, 3.8) is 0 Å². The molecular formula is C17H19FN2O3. The molecule has 0 saturated carbocycles. The van der Waals surface area contributed by atoms with Gasteiger partial charge in [-0.1, -0.05) is 18.2 Å². The summed E-state index contributed by atoms with van der Waals surface area (Å²) < 4.78 is 24.0. The molecular weight excluding hydrogens is 299 g/mol. The number of benzene rings is 1. The van der Waals surface area contributed by atoms with Gasteiger partial charge in [0, 0.05) is 18.8 Å². The second kappa shape index (κ2) is 7.09. The molecule has 2 rings (SSSR count). The summed E-state index contributed by atoms with van der Waals surface area (Å²) in [6.07, 6.45) is 1.05. The second-order valence-electron chi connectivity index (χ2n) is 5.89. The standard InChI is InChI=1S/C17H19FN2O3/c1-17(2,3)23-16(21)20-11-12-8-9-15(19-10-12)22-14-7-5-4-6-13(14)18/h4-10H,11H2,1-3H3,(H,20,21). The van der Waals surface area contributed by atoms with E-state index in [4.69, 9.17) is 9.47 Å². The number of carbonyl (C=O) groups excluding carboxylic acids is 1. The fourth-order valence-corrected chi connectivity index (χ4v) is 1.70. The van der Waals surface area contributed by atoms with Gasteiger partial charge >= 0.3 is 6.09 Å². The van der Waals surface area contributed by atoms with Crippen LogP contribution in [-0.2, 0) is 11.3 Å². The minimum absolute atomic E-state index is 0.111. The number of para-hydroxylation sites is 1. The van der Waals surface area contributed by atoms with E-state index >= 15 is 0 Å². The van der Waals surface area contributed by atoms with Crippen LogP contribution in [0.4, 0.5) is 9.18 Å². The van der Waals surface area contributed by atoms with Gasteiger partial charge in [0.2, 0.25) is 5.88 Å². The van der Waals surface area contributed by atoms with E-state index in [1.54, 1.807) is 51.2 Å². The van der Waals surface area contributed by atoms with Crippen LogP contribution in [0, 0.1) is 5.82 Å². The van der Waals surface area contributed by atoms with Gasteiger partial charge in [-0.3, -0.25) is 0 Å². The summed E-state index contributed by atoms with van der Waals surface area (Å²) in [5.74, 6) is -0.0688. The van der Waals surface area contributed by atoms with Crippen LogP contribution in [0.25, 0.3) is 0 Å². The number of nitrogens with zero attached hydrogens (tertiary/aromatic N) is 1. The molecule has 0 bridgehead atoms. The van der Waals surface area contributed by atoms with Gasteiger partial charge in [0.15, 0.2) is 11.6 Å². The highest BCUT2D eigenvalue weighted by Crippen LogP contribution is 2.22. The molecule has 0 saturated heterocycles. The first kappa shape index (κ1) is 16.7. The Morgan fingerprint density at radius 2 is 1.96 bits per heavy atom. The third-order valence-corrected chi connectivity index (χ3v) is 2.68. The molecule has 0 atom stereocenters. The fourth-order valence-electron chi connectivity index (χ4n) is 1.70. The van der Waals surface area contributed by atoms with Crippen LogP contribution in [-0.4, -0.2) is 16.7 Å². The second-order valence-corrected chi connectivity index (χ2v) is 5.89. The summed E-state index contributed by atoms with van der Waals surface area (Å²) in [7, 11) is 0. The van der Waals surface area contributed by atoms with E-state index in [1.807, 2.05) is 0 Å². The van der Waals surface area contributed by atoms with Crippen LogP contribution in [0.1, 0.15) is 26.3 Å². The lowest BCUT2D eigenvalue weighted by atomic mass is 10.2. The number of pyridine rings is 1. The normalized spacial score (nSPS) is 11.0. The van der Waals surface area contributed by atoms with Gasteiger partial charge < -0.3 is 14.8 Å². The van der Waals surface area contributed by atoms with Gasteiger partial charge in [-0.05, 0) is 38.5 Å². The minimum atomic E-state index is -0.542. The predicted octanol–water partition coefficient (Wildman–Crippen LogP) is 4.04. The number of amides is 1. The van der Waals surface area contributed by atoms with Crippen LogP contribution in [0.5, 0.6) is 11.6 Å². The molecule has 1 aromatic heterocycles. The molecule has 23 heavy (non-hydrogen) atoms. The van der Waals surface area contributed by atoms with Gasteiger partial charge in [0.1, 0.15) is 5.60 Å². The summed E-state index contributed by atoms with van der Waals surface area (Å²) in [4.78, 5) is 15.6. The van der Waals surface area contributed by atoms with Crippen LogP contribution in [0.15, 0.2) is 42.6 Å². The lowest BCUT2D eigenvalue weighted by molar-refractivity contribution is 0.0523. The van der Waals surface area contributed by atoms with E-state index in [1.165, 1.54) is 12.1 Å². The third kappa shape index (κ3) is 5.58.